The van der Waals surface area contributed by atoms with Gasteiger partial charge in [-0.15, -0.1) is 0 Å². The number of hydrogen-bond acceptors (Lipinski definition) is 3. The van der Waals surface area contributed by atoms with Crippen molar-refractivity contribution in [2.24, 2.45) is 0 Å². The van der Waals surface area contributed by atoms with Crippen LogP contribution in [-0.4, -0.2) is 16.6 Å². The van der Waals surface area contributed by atoms with Gasteiger partial charge in [-0.2, -0.15) is 0 Å². The van der Waals surface area contributed by atoms with Crippen LogP contribution in [-0.2, 0) is 12.8 Å². The molecule has 4 rings (SSSR count). The first-order chi connectivity index (χ1) is 15.1. The second-order valence-corrected chi connectivity index (χ2v) is 7.04. The minimum atomic E-state index is -0.858. The summed E-state index contributed by atoms with van der Waals surface area (Å²) in [6.45, 7) is 2.52. The fraction of sp³-hybridized carbons (Fsp3) is 0.154. The van der Waals surface area contributed by atoms with Gasteiger partial charge in [0.15, 0.2) is 17.4 Å². The van der Waals surface area contributed by atoms with Crippen LogP contribution >= 0.6 is 0 Å². The summed E-state index contributed by atoms with van der Waals surface area (Å²) < 4.78 is 32.1. The van der Waals surface area contributed by atoms with Crippen LogP contribution in [0.15, 0.2) is 67.0 Å². The number of ether oxygens (including phenoxy) is 1. The Balaban J connectivity index is 1.40. The molecule has 0 saturated heterocycles. The lowest BCUT2D eigenvalue weighted by Crippen LogP contribution is -1.99. The van der Waals surface area contributed by atoms with E-state index in [2.05, 4.69) is 21.8 Å². The van der Waals surface area contributed by atoms with Gasteiger partial charge in [0.1, 0.15) is 5.82 Å². The second kappa shape index (κ2) is 9.36. The average molecular weight is 414 g/mol. The van der Waals surface area contributed by atoms with Gasteiger partial charge in [0.2, 0.25) is 0 Å². The molecule has 0 fully saturated rings. The fourth-order valence-electron chi connectivity index (χ4n) is 3.19. The van der Waals surface area contributed by atoms with Crippen LogP contribution < -0.4 is 4.74 Å². The summed E-state index contributed by atoms with van der Waals surface area (Å²) in [4.78, 5) is 8.64. The van der Waals surface area contributed by atoms with E-state index < -0.39 is 11.6 Å². The number of nitrogens with zero attached hydrogens (tertiary/aromatic N) is 2. The molecule has 5 heteroatoms. The van der Waals surface area contributed by atoms with Crippen LogP contribution in [0.1, 0.15) is 29.4 Å². The highest BCUT2D eigenvalue weighted by Crippen LogP contribution is 2.19. The molecule has 0 amide bonds. The van der Waals surface area contributed by atoms with Crippen molar-refractivity contribution in [2.75, 3.05) is 6.61 Å². The molecular weight excluding hydrogens is 394 g/mol. The molecule has 0 spiro atoms. The zero-order chi connectivity index (χ0) is 21.6. The van der Waals surface area contributed by atoms with Crippen LogP contribution in [0.3, 0.4) is 0 Å². The van der Waals surface area contributed by atoms with E-state index in [0.29, 0.717) is 23.1 Å². The molecule has 0 radical (unpaired) electrons. The van der Waals surface area contributed by atoms with Gasteiger partial charge in [-0.1, -0.05) is 30.0 Å². The van der Waals surface area contributed by atoms with Gasteiger partial charge in [-0.3, -0.25) is 0 Å². The van der Waals surface area contributed by atoms with E-state index in [1.165, 1.54) is 17.7 Å². The number of benzene rings is 3. The monoisotopic (exact) mass is 414 g/mol. The van der Waals surface area contributed by atoms with Crippen molar-refractivity contribution < 1.29 is 13.5 Å². The molecule has 0 aliphatic heterocycles. The third-order valence-electron chi connectivity index (χ3n) is 4.81. The molecule has 3 nitrogen and oxygen atoms in total. The fourth-order valence-corrected chi connectivity index (χ4v) is 3.19. The lowest BCUT2D eigenvalue weighted by atomic mass is 10.1. The first-order valence-electron chi connectivity index (χ1n) is 10.0. The maximum absolute atomic E-state index is 13.5. The predicted octanol–water partition coefficient (Wildman–Crippen LogP) is 5.49. The van der Waals surface area contributed by atoms with Crippen molar-refractivity contribution in [3.8, 4) is 17.6 Å². The predicted molar refractivity (Wildman–Crippen MR) is 117 cm³/mol. The van der Waals surface area contributed by atoms with Crippen molar-refractivity contribution in [3.05, 3.63) is 101 Å². The smallest absolute Gasteiger partial charge is 0.159 e. The number of rotatable bonds is 5. The summed E-state index contributed by atoms with van der Waals surface area (Å²) >= 11 is 0. The summed E-state index contributed by atoms with van der Waals surface area (Å²) in [7, 11) is 0. The van der Waals surface area contributed by atoms with Gasteiger partial charge >= 0.3 is 0 Å². The Morgan fingerprint density at radius 3 is 2.13 bits per heavy atom. The Labute approximate surface area is 179 Å². The minimum absolute atomic E-state index is 0.595. The SMILES string of the molecule is CCOc1cnc(CCc2ccc(C#Cc3ccc4cc(F)c(F)cc4c3)cc2)nc1. The van der Waals surface area contributed by atoms with Gasteiger partial charge in [0, 0.05) is 17.5 Å². The van der Waals surface area contributed by atoms with Crippen LogP contribution in [0.4, 0.5) is 8.78 Å². The molecule has 0 bridgehead atoms. The number of halogens is 2. The summed E-state index contributed by atoms with van der Waals surface area (Å²) in [5.41, 5.74) is 2.80. The summed E-state index contributed by atoms with van der Waals surface area (Å²) in [6.07, 6.45) is 4.96. The highest BCUT2D eigenvalue weighted by molar-refractivity contribution is 5.84. The Bertz CT molecular complexity index is 1260. The lowest BCUT2D eigenvalue weighted by Gasteiger charge is -2.04. The number of fused-ring (bicyclic) bond motifs is 1. The van der Waals surface area contributed by atoms with Crippen molar-refractivity contribution in [1.29, 1.82) is 0 Å². The molecule has 0 saturated carbocycles. The largest absolute Gasteiger partial charge is 0.491 e. The number of aromatic nitrogens is 2. The van der Waals surface area contributed by atoms with Crippen LogP contribution in [0.5, 0.6) is 5.75 Å². The maximum Gasteiger partial charge on any atom is 0.159 e. The van der Waals surface area contributed by atoms with Gasteiger partial charge in [-0.05, 0) is 66.1 Å². The highest BCUT2D eigenvalue weighted by Gasteiger charge is 2.04. The van der Waals surface area contributed by atoms with Crippen molar-refractivity contribution in [2.45, 2.75) is 19.8 Å². The van der Waals surface area contributed by atoms with E-state index in [1.54, 1.807) is 30.6 Å². The highest BCUT2D eigenvalue weighted by atomic mass is 19.2. The molecular formula is C26H20F2N2O. The quantitative estimate of drug-likeness (QED) is 0.405. The van der Waals surface area contributed by atoms with Gasteiger partial charge in [0.05, 0.1) is 19.0 Å². The first kappa shape index (κ1) is 20.5. The Morgan fingerprint density at radius 1 is 0.774 bits per heavy atom. The molecule has 1 heterocycles. The average Bonchev–Trinajstić information content (AvgIpc) is 2.79. The van der Waals surface area contributed by atoms with E-state index in [0.717, 1.165) is 29.8 Å². The van der Waals surface area contributed by atoms with E-state index in [1.807, 2.05) is 31.2 Å². The lowest BCUT2D eigenvalue weighted by molar-refractivity contribution is 0.337. The first-order valence-corrected chi connectivity index (χ1v) is 10.0. The maximum atomic E-state index is 13.5. The third-order valence-corrected chi connectivity index (χ3v) is 4.81. The van der Waals surface area contributed by atoms with Gasteiger partial charge in [0.25, 0.3) is 0 Å². The van der Waals surface area contributed by atoms with E-state index in [9.17, 15) is 8.78 Å². The second-order valence-electron chi connectivity index (χ2n) is 7.04. The molecule has 0 N–H and O–H groups in total. The zero-order valence-corrected chi connectivity index (χ0v) is 17.0. The summed E-state index contributed by atoms with van der Waals surface area (Å²) in [5, 5.41) is 1.27. The Morgan fingerprint density at radius 2 is 1.42 bits per heavy atom. The molecule has 0 aliphatic rings. The van der Waals surface area contributed by atoms with Crippen LogP contribution in [0.25, 0.3) is 10.8 Å². The third kappa shape index (κ3) is 5.23. The van der Waals surface area contributed by atoms with E-state index in [4.69, 9.17) is 4.74 Å². The normalized spacial score (nSPS) is 10.5. The molecule has 3 aromatic carbocycles. The van der Waals surface area contributed by atoms with Gasteiger partial charge in [-0.25, -0.2) is 18.7 Å². The van der Waals surface area contributed by atoms with Crippen molar-refractivity contribution in [3.63, 3.8) is 0 Å². The standard InChI is InChI=1S/C26H20F2N2O/c1-2-31-23-16-29-26(30-17-23)12-10-19-5-3-18(4-6-19)7-8-20-9-11-21-14-24(27)25(28)15-22(21)13-20/h3-6,9,11,13-17H,2,10,12H2,1H3. The summed E-state index contributed by atoms with van der Waals surface area (Å²) in [5.74, 6) is 5.95. The molecule has 0 atom stereocenters. The summed E-state index contributed by atoms with van der Waals surface area (Å²) in [6, 6.07) is 15.7. The zero-order valence-electron chi connectivity index (χ0n) is 17.0. The molecule has 0 unspecified atom stereocenters. The number of hydrogen-bond donors (Lipinski definition) is 0. The Hall–Kier alpha value is -3.78. The minimum Gasteiger partial charge on any atom is -0.491 e. The van der Waals surface area contributed by atoms with Gasteiger partial charge < -0.3 is 4.74 Å². The molecule has 4 aromatic rings. The molecule has 0 aliphatic carbocycles. The Kier molecular flexibility index (Phi) is 6.18. The molecule has 154 valence electrons. The van der Waals surface area contributed by atoms with E-state index in [-0.39, 0.29) is 0 Å². The van der Waals surface area contributed by atoms with E-state index >= 15 is 0 Å². The molecule has 31 heavy (non-hydrogen) atoms. The van der Waals surface area contributed by atoms with Crippen molar-refractivity contribution in [1.82, 2.24) is 9.97 Å². The van der Waals surface area contributed by atoms with Crippen LogP contribution in [0, 0.1) is 23.5 Å². The van der Waals surface area contributed by atoms with Crippen molar-refractivity contribution >= 4 is 10.8 Å². The number of aryl methyl sites for hydroxylation is 2. The molecule has 1 aromatic heterocycles. The van der Waals surface area contributed by atoms with Crippen LogP contribution in [0.2, 0.25) is 0 Å². The topological polar surface area (TPSA) is 35.0 Å².